The minimum atomic E-state index is -1.92. The molecule has 7 nitrogen and oxygen atoms in total. The van der Waals surface area contributed by atoms with Crippen LogP contribution in [0.5, 0.6) is 0 Å². The Morgan fingerprint density at radius 3 is 2.46 bits per heavy atom. The van der Waals surface area contributed by atoms with Crippen molar-refractivity contribution in [3.8, 4) is 6.19 Å². The number of pyridine rings is 1. The third-order valence-corrected chi connectivity index (χ3v) is 3.66. The zero-order valence-electron chi connectivity index (χ0n) is 13.2. The summed E-state index contributed by atoms with van der Waals surface area (Å²) >= 11 is 17.9. The first kappa shape index (κ1) is 19.8. The normalized spacial score (nSPS) is 12.6. The Hall–Kier alpha value is -2.53. The van der Waals surface area contributed by atoms with Crippen LogP contribution in [0.25, 0.3) is 0 Å². The molecule has 134 valence electrons. The minimum Gasteiger partial charge on any atom is -0.331 e. The Morgan fingerprint density at radius 2 is 1.88 bits per heavy atom. The molecule has 0 aliphatic heterocycles. The minimum absolute atomic E-state index is 0.0230. The summed E-state index contributed by atoms with van der Waals surface area (Å²) in [6.07, 6.45) is 3.56. The number of alkyl halides is 3. The fraction of sp³-hybridized carbons (Fsp3) is 0.125. The molecule has 0 radical (unpaired) electrons. The molecule has 1 unspecified atom stereocenters. The maximum Gasteiger partial charge on any atom is 0.252 e. The highest BCUT2D eigenvalue weighted by Crippen LogP contribution is 2.29. The Kier molecular flexibility index (Phi) is 7.04. The molecule has 10 heteroatoms. The van der Waals surface area contributed by atoms with Crippen molar-refractivity contribution in [1.29, 1.82) is 5.26 Å². The van der Waals surface area contributed by atoms with Crippen LogP contribution in [0.4, 0.5) is 5.69 Å². The molecule has 1 heterocycles. The van der Waals surface area contributed by atoms with E-state index in [1.165, 1.54) is 6.20 Å². The van der Waals surface area contributed by atoms with E-state index in [-0.39, 0.29) is 5.96 Å². The quantitative estimate of drug-likeness (QED) is 0.236. The van der Waals surface area contributed by atoms with Gasteiger partial charge in [0, 0.05) is 11.8 Å². The molecule has 2 rings (SSSR count). The fourth-order valence-electron chi connectivity index (χ4n) is 1.86. The van der Waals surface area contributed by atoms with Crippen LogP contribution in [0.15, 0.2) is 59.9 Å². The Bertz CT molecular complexity index is 802. The third kappa shape index (κ3) is 6.08. The number of hydrogen-bond donors (Lipinski definition) is 3. The van der Waals surface area contributed by atoms with E-state index < -0.39 is 15.9 Å². The Morgan fingerprint density at radius 1 is 1.15 bits per heavy atom. The van der Waals surface area contributed by atoms with E-state index in [2.05, 4.69) is 25.9 Å². The topological polar surface area (TPSA) is 102 Å². The number of hydrogen-bond acceptors (Lipinski definition) is 4. The van der Waals surface area contributed by atoms with E-state index in [1.807, 2.05) is 0 Å². The van der Waals surface area contributed by atoms with Crippen LogP contribution in [0.2, 0.25) is 0 Å². The highest BCUT2D eigenvalue weighted by molar-refractivity contribution is 6.68. The molecule has 0 bridgehead atoms. The molecule has 1 amide bonds. The summed E-state index contributed by atoms with van der Waals surface area (Å²) in [5.74, 6) is -0.489. The van der Waals surface area contributed by atoms with Gasteiger partial charge in [0.05, 0.1) is 11.9 Å². The number of carbonyl (C=O) groups is 1. The van der Waals surface area contributed by atoms with Crippen molar-refractivity contribution in [2.24, 2.45) is 4.99 Å². The van der Waals surface area contributed by atoms with E-state index in [1.54, 1.807) is 54.9 Å². The molecule has 3 N–H and O–H groups in total. The largest absolute Gasteiger partial charge is 0.331 e. The summed E-state index contributed by atoms with van der Waals surface area (Å²) < 4.78 is -1.92. The van der Waals surface area contributed by atoms with Crippen molar-refractivity contribution in [2.45, 2.75) is 9.96 Å². The van der Waals surface area contributed by atoms with E-state index >= 15 is 0 Å². The zero-order chi connectivity index (χ0) is 19.0. The average molecular weight is 412 g/mol. The van der Waals surface area contributed by atoms with Crippen molar-refractivity contribution in [1.82, 2.24) is 15.6 Å². The van der Waals surface area contributed by atoms with Gasteiger partial charge < -0.3 is 16.0 Å². The second-order valence-corrected chi connectivity index (χ2v) is 7.25. The number of halogens is 3. The van der Waals surface area contributed by atoms with Crippen molar-refractivity contribution < 1.29 is 4.79 Å². The molecular formula is C16H13Cl3N6O. The molecule has 26 heavy (non-hydrogen) atoms. The van der Waals surface area contributed by atoms with Crippen LogP contribution in [0, 0.1) is 11.5 Å². The molecule has 0 aliphatic carbocycles. The summed E-state index contributed by atoms with van der Waals surface area (Å²) in [5, 5.41) is 17.0. The van der Waals surface area contributed by atoms with Gasteiger partial charge in [0.15, 0.2) is 0 Å². The van der Waals surface area contributed by atoms with Gasteiger partial charge in [0.1, 0.15) is 6.17 Å². The lowest BCUT2D eigenvalue weighted by Crippen LogP contribution is -2.56. The highest BCUT2D eigenvalue weighted by Gasteiger charge is 2.35. The van der Waals surface area contributed by atoms with E-state index in [0.29, 0.717) is 11.3 Å². The maximum atomic E-state index is 12.3. The summed E-state index contributed by atoms with van der Waals surface area (Å²) in [4.78, 5) is 19.9. The first-order valence-corrected chi connectivity index (χ1v) is 8.36. The average Bonchev–Trinajstić information content (AvgIpc) is 2.62. The second kappa shape index (κ2) is 9.25. The van der Waals surface area contributed by atoms with Gasteiger partial charge in [-0.25, -0.2) is 0 Å². The maximum absolute atomic E-state index is 12.3. The third-order valence-electron chi connectivity index (χ3n) is 3.01. The van der Waals surface area contributed by atoms with Gasteiger partial charge in [-0.05, 0) is 24.3 Å². The van der Waals surface area contributed by atoms with Crippen LogP contribution in [-0.4, -0.2) is 26.8 Å². The molecule has 0 saturated carbocycles. The summed E-state index contributed by atoms with van der Waals surface area (Å²) in [6, 6.07) is 11.8. The summed E-state index contributed by atoms with van der Waals surface area (Å²) in [6.45, 7) is 0. The van der Waals surface area contributed by atoms with Crippen molar-refractivity contribution >= 4 is 52.4 Å². The number of aliphatic imine (C=N–C) groups is 1. The van der Waals surface area contributed by atoms with Crippen LogP contribution in [0.3, 0.4) is 0 Å². The number of guanidine groups is 1. The van der Waals surface area contributed by atoms with Gasteiger partial charge in [0.2, 0.25) is 15.9 Å². The molecule has 0 saturated heterocycles. The number of benzene rings is 1. The summed E-state index contributed by atoms with van der Waals surface area (Å²) in [5.41, 5.74) is 0.930. The lowest BCUT2D eigenvalue weighted by Gasteiger charge is -2.27. The van der Waals surface area contributed by atoms with E-state index in [9.17, 15) is 4.79 Å². The molecule has 2 aromatic rings. The second-order valence-electron chi connectivity index (χ2n) is 4.89. The highest BCUT2D eigenvalue weighted by atomic mass is 35.6. The lowest BCUT2D eigenvalue weighted by molar-refractivity contribution is 0.0934. The number of nitrogens with zero attached hydrogens (tertiary/aromatic N) is 3. The van der Waals surface area contributed by atoms with Crippen LogP contribution < -0.4 is 16.0 Å². The van der Waals surface area contributed by atoms with Gasteiger partial charge in [0.25, 0.3) is 5.91 Å². The number of nitrogens with one attached hydrogen (secondary N) is 3. The number of carbonyl (C=O) groups excluding carboxylic acids is 1. The predicted octanol–water partition coefficient (Wildman–Crippen LogP) is 3.05. The molecule has 1 aromatic heterocycles. The smallest absolute Gasteiger partial charge is 0.252 e. The first-order chi connectivity index (χ1) is 12.4. The Labute approximate surface area is 165 Å². The van der Waals surface area contributed by atoms with Crippen LogP contribution in [-0.2, 0) is 0 Å². The van der Waals surface area contributed by atoms with E-state index in [0.717, 1.165) is 0 Å². The standard InChI is InChI=1S/C16H13Cl3N6O/c17-16(18,19)14(24-13(26)11-5-2-1-3-6-11)25-15(22-10-20)23-12-7-4-8-21-9-12/h1-9,14H,(H,24,26)(H2,22,23,25). The van der Waals surface area contributed by atoms with Crippen molar-refractivity contribution in [3.63, 3.8) is 0 Å². The van der Waals surface area contributed by atoms with Gasteiger partial charge in [-0.15, -0.1) is 4.99 Å². The summed E-state index contributed by atoms with van der Waals surface area (Å²) in [7, 11) is 0. The zero-order valence-corrected chi connectivity index (χ0v) is 15.4. The molecule has 1 aromatic carbocycles. The molecule has 0 aliphatic rings. The monoisotopic (exact) mass is 410 g/mol. The molecular weight excluding hydrogens is 399 g/mol. The number of anilines is 1. The molecule has 0 spiro atoms. The van der Waals surface area contributed by atoms with Gasteiger partial charge >= 0.3 is 0 Å². The van der Waals surface area contributed by atoms with Crippen LogP contribution >= 0.6 is 34.8 Å². The molecule has 0 fully saturated rings. The number of aromatic nitrogens is 1. The van der Waals surface area contributed by atoms with Gasteiger partial charge in [-0.2, -0.15) is 5.26 Å². The van der Waals surface area contributed by atoms with E-state index in [4.69, 9.17) is 40.1 Å². The van der Waals surface area contributed by atoms with Crippen molar-refractivity contribution in [2.75, 3.05) is 5.32 Å². The SMILES string of the molecule is N#C/N=C(\Nc1cccnc1)NC(NC(=O)c1ccccc1)C(Cl)(Cl)Cl. The predicted molar refractivity (Wildman–Crippen MR) is 102 cm³/mol. The number of nitriles is 1. The number of amides is 1. The molecule has 1 atom stereocenters. The van der Waals surface area contributed by atoms with Crippen LogP contribution in [0.1, 0.15) is 10.4 Å². The van der Waals surface area contributed by atoms with Gasteiger partial charge in [-0.1, -0.05) is 53.0 Å². The number of rotatable bonds is 4. The lowest BCUT2D eigenvalue weighted by atomic mass is 10.2. The Balaban J connectivity index is 2.16. The van der Waals surface area contributed by atoms with Crippen molar-refractivity contribution in [3.05, 3.63) is 60.4 Å². The fourth-order valence-corrected chi connectivity index (χ4v) is 2.19. The first-order valence-electron chi connectivity index (χ1n) is 7.23. The van der Waals surface area contributed by atoms with Gasteiger partial charge in [-0.3, -0.25) is 9.78 Å².